The van der Waals surface area contributed by atoms with Gasteiger partial charge in [-0.1, -0.05) is 36.4 Å². The zero-order valence-corrected chi connectivity index (χ0v) is 13.8. The van der Waals surface area contributed by atoms with Crippen molar-refractivity contribution < 1.29 is 24.2 Å². The van der Waals surface area contributed by atoms with Crippen LogP contribution >= 0.6 is 0 Å². The minimum atomic E-state index is -0.512. The van der Waals surface area contributed by atoms with Crippen LogP contribution in [0.3, 0.4) is 0 Å². The number of esters is 2. The van der Waals surface area contributed by atoms with Crippen LogP contribution in [0.1, 0.15) is 27.1 Å². The molecule has 5 heteroatoms. The van der Waals surface area contributed by atoms with E-state index in [2.05, 4.69) is 0 Å². The zero-order chi connectivity index (χ0) is 17.7. The Balaban J connectivity index is 1.49. The van der Waals surface area contributed by atoms with Crippen LogP contribution in [0, 0.1) is 11.3 Å². The van der Waals surface area contributed by atoms with Gasteiger partial charge in [-0.25, -0.2) is 9.59 Å². The Hall–Kier alpha value is -2.66. The quantitative estimate of drug-likeness (QED) is 0.785. The summed E-state index contributed by atoms with van der Waals surface area (Å²) in [7, 11) is 0. The highest BCUT2D eigenvalue weighted by molar-refractivity contribution is 5.89. The first-order valence-electron chi connectivity index (χ1n) is 8.20. The largest absolute Gasteiger partial charge is 0.462 e. The van der Waals surface area contributed by atoms with E-state index in [-0.39, 0.29) is 31.7 Å². The lowest BCUT2D eigenvalue weighted by Crippen LogP contribution is -2.22. The van der Waals surface area contributed by atoms with E-state index in [4.69, 9.17) is 9.47 Å². The molecule has 0 heterocycles. The number of carbonyl (C=O) groups excluding carboxylic acids is 2. The van der Waals surface area contributed by atoms with Gasteiger partial charge in [0.1, 0.15) is 0 Å². The molecule has 0 aromatic heterocycles. The molecule has 5 nitrogen and oxygen atoms in total. The Morgan fingerprint density at radius 3 is 1.96 bits per heavy atom. The van der Waals surface area contributed by atoms with E-state index >= 15 is 0 Å². The van der Waals surface area contributed by atoms with Gasteiger partial charge < -0.3 is 14.6 Å². The van der Waals surface area contributed by atoms with Crippen molar-refractivity contribution in [2.24, 2.45) is 11.3 Å². The van der Waals surface area contributed by atoms with E-state index in [9.17, 15) is 14.7 Å². The fraction of sp³-hybridized carbons (Fsp3) is 0.300. The average Bonchev–Trinajstić information content (AvgIpc) is 3.39. The minimum Gasteiger partial charge on any atom is -0.462 e. The van der Waals surface area contributed by atoms with Crippen LogP contribution in [-0.2, 0) is 9.47 Å². The van der Waals surface area contributed by atoms with Gasteiger partial charge in [0.05, 0.1) is 30.9 Å². The molecule has 1 saturated carbocycles. The highest BCUT2D eigenvalue weighted by atomic mass is 16.5. The number of rotatable bonds is 7. The van der Waals surface area contributed by atoms with Gasteiger partial charge in [0.2, 0.25) is 0 Å². The second kappa shape index (κ2) is 7.49. The summed E-state index contributed by atoms with van der Waals surface area (Å²) in [5.41, 5.74) is 0.457. The minimum absolute atomic E-state index is 0.00580. The lowest BCUT2D eigenvalue weighted by atomic mass is 10.1. The zero-order valence-electron chi connectivity index (χ0n) is 13.8. The molecule has 3 rings (SSSR count). The summed E-state index contributed by atoms with van der Waals surface area (Å²) in [5.74, 6) is -0.810. The predicted octanol–water partition coefficient (Wildman–Crippen LogP) is 2.70. The molecule has 25 heavy (non-hydrogen) atoms. The average molecular weight is 340 g/mol. The van der Waals surface area contributed by atoms with Gasteiger partial charge in [0, 0.05) is 11.3 Å². The van der Waals surface area contributed by atoms with Crippen molar-refractivity contribution in [1.29, 1.82) is 0 Å². The first-order chi connectivity index (χ1) is 12.1. The molecule has 2 atom stereocenters. The van der Waals surface area contributed by atoms with Crippen LogP contribution in [0.15, 0.2) is 60.7 Å². The summed E-state index contributed by atoms with van der Waals surface area (Å²) in [6.45, 7) is 0.213. The third kappa shape index (κ3) is 4.06. The van der Waals surface area contributed by atoms with Crippen molar-refractivity contribution in [2.45, 2.75) is 6.42 Å². The molecule has 0 aliphatic heterocycles. The van der Waals surface area contributed by atoms with Crippen LogP contribution in [0.5, 0.6) is 0 Å². The van der Waals surface area contributed by atoms with Gasteiger partial charge in [-0.05, 0) is 30.7 Å². The molecule has 0 bridgehead atoms. The number of benzene rings is 2. The summed E-state index contributed by atoms with van der Waals surface area (Å²) in [5, 5.41) is 9.66. The molecule has 0 spiro atoms. The number of carbonyl (C=O) groups is 2. The first kappa shape index (κ1) is 17.2. The molecule has 0 unspecified atom stereocenters. The standard InChI is InChI=1S/C20H20O5/c21-13-20(14-25-19(23)16-9-5-2-6-10-16)11-17(20)12-24-18(22)15-7-3-1-4-8-15/h1-10,17,21H,11-14H2/t17-,20+/m0/s1. The number of ether oxygens (including phenoxy) is 2. The molecular formula is C20H20O5. The number of aliphatic hydroxyl groups is 1. The first-order valence-corrected chi connectivity index (χ1v) is 8.20. The second-order valence-electron chi connectivity index (χ2n) is 6.33. The molecule has 0 amide bonds. The molecule has 0 saturated heterocycles. The van der Waals surface area contributed by atoms with Crippen LogP contribution in [-0.4, -0.2) is 36.9 Å². The molecule has 1 N–H and O–H groups in total. The van der Waals surface area contributed by atoms with Crippen molar-refractivity contribution in [3.63, 3.8) is 0 Å². The third-order valence-electron chi connectivity index (χ3n) is 4.60. The van der Waals surface area contributed by atoms with E-state index in [0.29, 0.717) is 17.5 Å². The van der Waals surface area contributed by atoms with E-state index in [1.165, 1.54) is 0 Å². The van der Waals surface area contributed by atoms with Crippen LogP contribution < -0.4 is 0 Å². The summed E-state index contributed by atoms with van der Waals surface area (Å²) >= 11 is 0. The van der Waals surface area contributed by atoms with Gasteiger partial charge in [-0.3, -0.25) is 0 Å². The van der Waals surface area contributed by atoms with E-state index in [1.807, 2.05) is 12.1 Å². The van der Waals surface area contributed by atoms with Gasteiger partial charge >= 0.3 is 11.9 Å². The monoisotopic (exact) mass is 340 g/mol. The Morgan fingerprint density at radius 2 is 1.44 bits per heavy atom. The maximum absolute atomic E-state index is 12.0. The SMILES string of the molecule is O=C(OC[C@@H]1C[C@@]1(CO)COC(=O)c1ccccc1)c1ccccc1. The second-order valence-corrected chi connectivity index (χ2v) is 6.33. The summed E-state index contributed by atoms with van der Waals surface area (Å²) in [4.78, 5) is 24.0. The van der Waals surface area contributed by atoms with Crippen molar-refractivity contribution >= 4 is 11.9 Å². The Labute approximate surface area is 146 Å². The molecule has 1 aliphatic carbocycles. The van der Waals surface area contributed by atoms with Crippen LogP contribution in [0.2, 0.25) is 0 Å². The van der Waals surface area contributed by atoms with Crippen LogP contribution in [0.4, 0.5) is 0 Å². The molecule has 130 valence electrons. The number of hydrogen-bond acceptors (Lipinski definition) is 5. The van der Waals surface area contributed by atoms with Crippen molar-refractivity contribution in [3.05, 3.63) is 71.8 Å². The number of aliphatic hydroxyl groups excluding tert-OH is 1. The molecule has 0 radical (unpaired) electrons. The summed E-state index contributed by atoms with van der Waals surface area (Å²) < 4.78 is 10.6. The fourth-order valence-corrected chi connectivity index (χ4v) is 2.78. The maximum atomic E-state index is 12.0. The van der Waals surface area contributed by atoms with Crippen molar-refractivity contribution in [2.75, 3.05) is 19.8 Å². The highest BCUT2D eigenvalue weighted by Crippen LogP contribution is 2.52. The maximum Gasteiger partial charge on any atom is 0.338 e. The van der Waals surface area contributed by atoms with Gasteiger partial charge in [0.25, 0.3) is 0 Å². The highest BCUT2D eigenvalue weighted by Gasteiger charge is 2.55. The Kier molecular flexibility index (Phi) is 5.14. The molecule has 2 aromatic rings. The fourth-order valence-electron chi connectivity index (χ4n) is 2.78. The topological polar surface area (TPSA) is 72.8 Å². The number of hydrogen-bond donors (Lipinski definition) is 1. The lowest BCUT2D eigenvalue weighted by Gasteiger charge is -2.15. The molecule has 1 fully saturated rings. The molecule has 2 aromatic carbocycles. The molecular weight excluding hydrogens is 320 g/mol. The lowest BCUT2D eigenvalue weighted by molar-refractivity contribution is 0.0253. The summed E-state index contributed by atoms with van der Waals surface area (Å²) in [6, 6.07) is 17.5. The van der Waals surface area contributed by atoms with Crippen molar-refractivity contribution in [1.82, 2.24) is 0 Å². The van der Waals surface area contributed by atoms with Gasteiger partial charge in [-0.15, -0.1) is 0 Å². The predicted molar refractivity (Wildman–Crippen MR) is 91.1 cm³/mol. The van der Waals surface area contributed by atoms with Crippen molar-refractivity contribution in [3.8, 4) is 0 Å². The normalized spacial score (nSPS) is 21.4. The van der Waals surface area contributed by atoms with Crippen LogP contribution in [0.25, 0.3) is 0 Å². The Bertz CT molecular complexity index is 728. The van der Waals surface area contributed by atoms with Gasteiger partial charge in [-0.2, -0.15) is 0 Å². The smallest absolute Gasteiger partial charge is 0.338 e. The third-order valence-corrected chi connectivity index (χ3v) is 4.60. The molecule has 1 aliphatic rings. The Morgan fingerprint density at radius 1 is 0.920 bits per heavy atom. The van der Waals surface area contributed by atoms with E-state index < -0.39 is 11.4 Å². The van der Waals surface area contributed by atoms with E-state index in [0.717, 1.165) is 0 Å². The van der Waals surface area contributed by atoms with E-state index in [1.54, 1.807) is 48.5 Å². The summed E-state index contributed by atoms with van der Waals surface area (Å²) in [6.07, 6.45) is 0.660. The van der Waals surface area contributed by atoms with Gasteiger partial charge in [0.15, 0.2) is 0 Å².